The van der Waals surface area contributed by atoms with Crippen LogP contribution in [0.1, 0.15) is 47.2 Å². The Morgan fingerprint density at radius 2 is 0.348 bits per heavy atom. The SMILES string of the molecule is CC(c1ccc(O)cc1)(c1ccc(O)cc1)c1ccc(O)cc1.CC(c1ccc(O)cc1)(c1ccc(O)cc1)c1ccc(O)cc1. The minimum absolute atomic E-state index is 0.215. The summed E-state index contributed by atoms with van der Waals surface area (Å²) in [6, 6.07) is 42.5. The fourth-order valence-electron chi connectivity index (χ4n) is 5.77. The van der Waals surface area contributed by atoms with Crippen LogP contribution in [-0.4, -0.2) is 30.6 Å². The van der Waals surface area contributed by atoms with Crippen LogP contribution >= 0.6 is 0 Å². The quantitative estimate of drug-likeness (QED) is 0.105. The number of hydrogen-bond donors (Lipinski definition) is 6. The van der Waals surface area contributed by atoms with Gasteiger partial charge in [-0.15, -0.1) is 0 Å². The summed E-state index contributed by atoms with van der Waals surface area (Å²) in [6.45, 7) is 4.16. The normalized spacial score (nSPS) is 11.3. The zero-order chi connectivity index (χ0) is 32.9. The molecule has 232 valence electrons. The van der Waals surface area contributed by atoms with E-state index in [-0.39, 0.29) is 34.5 Å². The van der Waals surface area contributed by atoms with Crippen molar-refractivity contribution in [1.82, 2.24) is 0 Å². The lowest BCUT2D eigenvalue weighted by Crippen LogP contribution is -2.25. The standard InChI is InChI=1S/2C20H18O3/c2*1-20(14-2-8-17(21)9-3-14,15-4-10-18(22)11-5-15)16-6-12-19(23)13-7-16/h2*2-13,21-23H,1H3. The summed E-state index contributed by atoms with van der Waals surface area (Å²) >= 11 is 0. The van der Waals surface area contributed by atoms with Crippen molar-refractivity contribution >= 4 is 0 Å². The van der Waals surface area contributed by atoms with Gasteiger partial charge in [0.05, 0.1) is 0 Å². The second-order valence-corrected chi connectivity index (χ2v) is 11.5. The third-order valence-electron chi connectivity index (χ3n) is 8.67. The summed E-state index contributed by atoms with van der Waals surface area (Å²) < 4.78 is 0. The topological polar surface area (TPSA) is 121 Å². The molecular formula is C40H36O6. The largest absolute Gasteiger partial charge is 0.508 e. The van der Waals surface area contributed by atoms with Crippen molar-refractivity contribution in [1.29, 1.82) is 0 Å². The Bertz CT molecular complexity index is 1500. The van der Waals surface area contributed by atoms with Gasteiger partial charge in [-0.3, -0.25) is 0 Å². The molecule has 46 heavy (non-hydrogen) atoms. The highest BCUT2D eigenvalue weighted by Gasteiger charge is 2.32. The first-order valence-corrected chi connectivity index (χ1v) is 14.8. The highest BCUT2D eigenvalue weighted by atomic mass is 16.3. The van der Waals surface area contributed by atoms with Crippen molar-refractivity contribution in [3.8, 4) is 34.5 Å². The van der Waals surface area contributed by atoms with Gasteiger partial charge in [-0.1, -0.05) is 72.8 Å². The van der Waals surface area contributed by atoms with Crippen molar-refractivity contribution < 1.29 is 30.6 Å². The lowest BCUT2D eigenvalue weighted by molar-refractivity contribution is 0.472. The monoisotopic (exact) mass is 612 g/mol. The van der Waals surface area contributed by atoms with Gasteiger partial charge >= 0.3 is 0 Å². The highest BCUT2D eigenvalue weighted by Crippen LogP contribution is 2.41. The third-order valence-corrected chi connectivity index (χ3v) is 8.67. The van der Waals surface area contributed by atoms with Crippen LogP contribution in [0, 0.1) is 0 Å². The van der Waals surface area contributed by atoms with E-state index in [0.29, 0.717) is 0 Å². The lowest BCUT2D eigenvalue weighted by Gasteiger charge is -2.32. The zero-order valence-electron chi connectivity index (χ0n) is 25.5. The van der Waals surface area contributed by atoms with Crippen molar-refractivity contribution in [3.63, 3.8) is 0 Å². The van der Waals surface area contributed by atoms with Crippen LogP contribution in [0.4, 0.5) is 0 Å². The first kappa shape index (κ1) is 31.5. The molecule has 0 bridgehead atoms. The molecule has 6 nitrogen and oxygen atoms in total. The summed E-state index contributed by atoms with van der Waals surface area (Å²) in [5.74, 6) is 1.29. The maximum Gasteiger partial charge on any atom is 0.115 e. The molecule has 0 aromatic heterocycles. The van der Waals surface area contributed by atoms with Crippen LogP contribution in [-0.2, 0) is 10.8 Å². The molecule has 6 aromatic rings. The molecule has 6 N–H and O–H groups in total. The first-order valence-electron chi connectivity index (χ1n) is 14.8. The average molecular weight is 613 g/mol. The maximum absolute atomic E-state index is 9.57. The Hall–Kier alpha value is -5.88. The highest BCUT2D eigenvalue weighted by molar-refractivity contribution is 5.53. The van der Waals surface area contributed by atoms with Crippen molar-refractivity contribution in [2.45, 2.75) is 24.7 Å². The Kier molecular flexibility index (Phi) is 8.92. The van der Waals surface area contributed by atoms with Crippen LogP contribution < -0.4 is 0 Å². The zero-order valence-corrected chi connectivity index (χ0v) is 25.5. The Morgan fingerprint density at radius 1 is 0.239 bits per heavy atom. The number of phenolic OH excluding ortho intramolecular Hbond substituents is 6. The Morgan fingerprint density at radius 3 is 0.457 bits per heavy atom. The van der Waals surface area contributed by atoms with E-state index in [2.05, 4.69) is 13.8 Å². The molecule has 0 atom stereocenters. The summed E-state index contributed by atoms with van der Waals surface area (Å²) in [4.78, 5) is 0. The van der Waals surface area contributed by atoms with Gasteiger partial charge in [0.25, 0.3) is 0 Å². The smallest absolute Gasteiger partial charge is 0.115 e. The number of hydrogen-bond acceptors (Lipinski definition) is 6. The van der Waals surface area contributed by atoms with Gasteiger partial charge in [0.15, 0.2) is 0 Å². The minimum Gasteiger partial charge on any atom is -0.508 e. The number of benzene rings is 6. The fraction of sp³-hybridized carbons (Fsp3) is 0.100. The number of aromatic hydroxyl groups is 6. The van der Waals surface area contributed by atoms with Crippen molar-refractivity contribution in [3.05, 3.63) is 179 Å². The molecule has 0 fully saturated rings. The van der Waals surface area contributed by atoms with E-state index in [1.165, 1.54) is 0 Å². The summed E-state index contributed by atoms with van der Waals surface area (Å²) in [6.07, 6.45) is 0. The van der Waals surface area contributed by atoms with Crippen LogP contribution in [0.25, 0.3) is 0 Å². The average Bonchev–Trinajstić information content (AvgIpc) is 3.06. The van der Waals surface area contributed by atoms with E-state index < -0.39 is 10.8 Å². The van der Waals surface area contributed by atoms with Crippen LogP contribution in [0.15, 0.2) is 146 Å². The van der Waals surface area contributed by atoms with Gasteiger partial charge in [-0.2, -0.15) is 0 Å². The molecule has 6 heteroatoms. The molecule has 0 radical (unpaired) electrons. The van der Waals surface area contributed by atoms with E-state index in [9.17, 15) is 30.6 Å². The van der Waals surface area contributed by atoms with Crippen molar-refractivity contribution in [2.24, 2.45) is 0 Å². The predicted molar refractivity (Wildman–Crippen MR) is 180 cm³/mol. The summed E-state index contributed by atoms with van der Waals surface area (Å²) in [5.41, 5.74) is 5.08. The summed E-state index contributed by atoms with van der Waals surface area (Å²) in [5, 5.41) is 57.4. The van der Waals surface area contributed by atoms with E-state index in [1.54, 1.807) is 72.8 Å². The molecule has 0 aliphatic heterocycles. The molecule has 0 aliphatic carbocycles. The van der Waals surface area contributed by atoms with E-state index >= 15 is 0 Å². The number of phenols is 6. The molecule has 0 aliphatic rings. The molecule has 6 aromatic carbocycles. The summed E-state index contributed by atoms with van der Waals surface area (Å²) in [7, 11) is 0. The Balaban J connectivity index is 0.000000181. The molecule has 0 heterocycles. The van der Waals surface area contributed by atoms with Gasteiger partial charge in [0.2, 0.25) is 0 Å². The van der Waals surface area contributed by atoms with E-state index in [0.717, 1.165) is 33.4 Å². The molecule has 0 unspecified atom stereocenters. The van der Waals surface area contributed by atoms with Gasteiger partial charge < -0.3 is 30.6 Å². The van der Waals surface area contributed by atoms with E-state index in [1.807, 2.05) is 72.8 Å². The minimum atomic E-state index is -0.477. The maximum atomic E-state index is 9.57. The van der Waals surface area contributed by atoms with Gasteiger partial charge in [-0.25, -0.2) is 0 Å². The predicted octanol–water partition coefficient (Wildman–Crippen LogP) is 8.32. The molecule has 6 rings (SSSR count). The van der Waals surface area contributed by atoms with Crippen LogP contribution in [0.3, 0.4) is 0 Å². The molecule has 0 spiro atoms. The van der Waals surface area contributed by atoms with Crippen LogP contribution in [0.2, 0.25) is 0 Å². The van der Waals surface area contributed by atoms with Gasteiger partial charge in [-0.05, 0) is 120 Å². The fourth-order valence-corrected chi connectivity index (χ4v) is 5.77. The molecule has 0 saturated heterocycles. The number of rotatable bonds is 6. The molecule has 0 amide bonds. The third kappa shape index (κ3) is 6.47. The second kappa shape index (κ2) is 13.0. The van der Waals surface area contributed by atoms with E-state index in [4.69, 9.17) is 0 Å². The Labute approximate surface area is 268 Å². The molecule has 0 saturated carbocycles. The van der Waals surface area contributed by atoms with Gasteiger partial charge in [0.1, 0.15) is 34.5 Å². The second-order valence-electron chi connectivity index (χ2n) is 11.5. The molecular weight excluding hydrogens is 576 g/mol. The first-order chi connectivity index (χ1) is 22.0. The van der Waals surface area contributed by atoms with Gasteiger partial charge in [0, 0.05) is 10.8 Å². The van der Waals surface area contributed by atoms with Crippen molar-refractivity contribution in [2.75, 3.05) is 0 Å². The lowest BCUT2D eigenvalue weighted by atomic mass is 9.71. The van der Waals surface area contributed by atoms with Crippen LogP contribution in [0.5, 0.6) is 34.5 Å².